The number of sulfone groups is 1. The van der Waals surface area contributed by atoms with Crippen molar-refractivity contribution >= 4 is 9.84 Å². The fourth-order valence-corrected chi connectivity index (χ4v) is 3.93. The molecule has 17 heavy (non-hydrogen) atoms. The van der Waals surface area contributed by atoms with E-state index in [1.165, 1.54) is 0 Å². The Bertz CT molecular complexity index is 545. The summed E-state index contributed by atoms with van der Waals surface area (Å²) < 4.78 is 30.3. The number of hydrogen-bond acceptors (Lipinski definition) is 3. The quantitative estimate of drug-likeness (QED) is 0.757. The van der Waals surface area contributed by atoms with Crippen molar-refractivity contribution in [1.82, 2.24) is 0 Å². The van der Waals surface area contributed by atoms with Gasteiger partial charge in [0.25, 0.3) is 0 Å². The van der Waals surface area contributed by atoms with Gasteiger partial charge in [0.2, 0.25) is 9.84 Å². The van der Waals surface area contributed by atoms with Gasteiger partial charge < -0.3 is 4.74 Å². The number of fused-ring (bicyclic) bond motifs is 1. The number of benzene rings is 1. The SMILES string of the molecule is O=S(=O)(C1=CCCCC2OC12)c1ccccc1. The Kier molecular flexibility index (Phi) is 2.56. The zero-order valence-corrected chi connectivity index (χ0v) is 10.2. The van der Waals surface area contributed by atoms with E-state index in [9.17, 15) is 8.42 Å². The van der Waals surface area contributed by atoms with Crippen LogP contribution in [0.15, 0.2) is 46.2 Å². The van der Waals surface area contributed by atoms with E-state index in [-0.39, 0.29) is 12.2 Å². The Hall–Kier alpha value is -1.13. The van der Waals surface area contributed by atoms with Crippen LogP contribution in [0.2, 0.25) is 0 Å². The molecule has 90 valence electrons. The normalized spacial score (nSPS) is 27.9. The third-order valence-electron chi connectivity index (χ3n) is 3.26. The van der Waals surface area contributed by atoms with Crippen molar-refractivity contribution in [3.63, 3.8) is 0 Å². The van der Waals surface area contributed by atoms with Crippen LogP contribution in [0, 0.1) is 0 Å². The van der Waals surface area contributed by atoms with Crippen molar-refractivity contribution in [3.8, 4) is 0 Å². The molecule has 0 N–H and O–H groups in total. The molecular formula is C13H14O3S. The van der Waals surface area contributed by atoms with Crippen molar-refractivity contribution in [2.24, 2.45) is 0 Å². The molecule has 0 aromatic heterocycles. The highest BCUT2D eigenvalue weighted by molar-refractivity contribution is 7.95. The second-order valence-corrected chi connectivity index (χ2v) is 6.40. The average Bonchev–Trinajstić information content (AvgIpc) is 3.08. The van der Waals surface area contributed by atoms with Crippen LogP contribution >= 0.6 is 0 Å². The van der Waals surface area contributed by atoms with E-state index in [4.69, 9.17) is 4.74 Å². The van der Waals surface area contributed by atoms with Crippen LogP contribution in [0.1, 0.15) is 19.3 Å². The van der Waals surface area contributed by atoms with E-state index in [0.29, 0.717) is 9.80 Å². The van der Waals surface area contributed by atoms with Crippen molar-refractivity contribution in [1.29, 1.82) is 0 Å². The first-order valence-electron chi connectivity index (χ1n) is 5.85. The predicted octanol–water partition coefficient (Wildman–Crippen LogP) is 2.30. The van der Waals surface area contributed by atoms with E-state index in [0.717, 1.165) is 19.3 Å². The number of ether oxygens (including phenoxy) is 1. The molecule has 0 saturated carbocycles. The maximum atomic E-state index is 12.4. The third-order valence-corrected chi connectivity index (χ3v) is 5.18. The first-order valence-corrected chi connectivity index (χ1v) is 7.33. The summed E-state index contributed by atoms with van der Waals surface area (Å²) >= 11 is 0. The number of rotatable bonds is 2. The van der Waals surface area contributed by atoms with Gasteiger partial charge in [0.1, 0.15) is 6.10 Å². The molecule has 2 aliphatic rings. The van der Waals surface area contributed by atoms with Gasteiger partial charge >= 0.3 is 0 Å². The lowest BCUT2D eigenvalue weighted by molar-refractivity contribution is 0.370. The van der Waals surface area contributed by atoms with E-state index in [1.54, 1.807) is 24.3 Å². The summed E-state index contributed by atoms with van der Waals surface area (Å²) in [5.41, 5.74) is 0. The summed E-state index contributed by atoms with van der Waals surface area (Å²) in [5, 5.41) is 0. The fraction of sp³-hybridized carbons (Fsp3) is 0.385. The Morgan fingerprint density at radius 2 is 1.94 bits per heavy atom. The van der Waals surface area contributed by atoms with Crippen LogP contribution in [-0.2, 0) is 14.6 Å². The Morgan fingerprint density at radius 1 is 1.18 bits per heavy atom. The number of hydrogen-bond donors (Lipinski definition) is 0. The van der Waals surface area contributed by atoms with Crippen LogP contribution in [0.25, 0.3) is 0 Å². The molecule has 1 aliphatic carbocycles. The minimum absolute atomic E-state index is 0.127. The number of epoxide rings is 1. The van der Waals surface area contributed by atoms with Gasteiger partial charge in [0, 0.05) is 0 Å². The summed E-state index contributed by atoms with van der Waals surface area (Å²) in [6.45, 7) is 0. The Labute approximate surface area is 101 Å². The smallest absolute Gasteiger partial charge is 0.205 e. The summed E-state index contributed by atoms with van der Waals surface area (Å²) in [5.74, 6) is 0. The second kappa shape index (κ2) is 3.96. The van der Waals surface area contributed by atoms with Gasteiger partial charge in [-0.3, -0.25) is 0 Å². The van der Waals surface area contributed by atoms with E-state index in [2.05, 4.69) is 0 Å². The zero-order valence-electron chi connectivity index (χ0n) is 9.37. The highest BCUT2D eigenvalue weighted by Crippen LogP contribution is 2.40. The van der Waals surface area contributed by atoms with Gasteiger partial charge in [-0.05, 0) is 31.4 Å². The summed E-state index contributed by atoms with van der Waals surface area (Å²) in [6.07, 6.45) is 4.58. The maximum Gasteiger partial charge on any atom is 0.205 e. The molecule has 0 radical (unpaired) electrons. The molecule has 3 nitrogen and oxygen atoms in total. The maximum absolute atomic E-state index is 12.4. The van der Waals surface area contributed by atoms with Gasteiger partial charge in [-0.15, -0.1) is 0 Å². The molecule has 1 saturated heterocycles. The Balaban J connectivity index is 2.01. The highest BCUT2D eigenvalue weighted by atomic mass is 32.2. The molecular weight excluding hydrogens is 236 g/mol. The number of allylic oxidation sites excluding steroid dienone is 1. The molecule has 1 aliphatic heterocycles. The molecule has 0 amide bonds. The molecule has 4 heteroatoms. The lowest BCUT2D eigenvalue weighted by atomic mass is 10.2. The largest absolute Gasteiger partial charge is 0.364 e. The standard InChI is InChI=1S/C13H14O3S/c14-17(15,10-6-2-1-3-7-10)12-9-5-4-8-11-13(12)16-11/h1-3,6-7,9,11,13H,4-5,8H2. The first kappa shape index (κ1) is 11.0. The van der Waals surface area contributed by atoms with Crippen LogP contribution in [0.3, 0.4) is 0 Å². The van der Waals surface area contributed by atoms with Crippen LogP contribution in [0.5, 0.6) is 0 Å². The minimum atomic E-state index is -3.36. The first-order chi connectivity index (χ1) is 8.19. The molecule has 1 fully saturated rings. The van der Waals surface area contributed by atoms with Crippen LogP contribution in [0.4, 0.5) is 0 Å². The van der Waals surface area contributed by atoms with E-state index < -0.39 is 9.84 Å². The van der Waals surface area contributed by atoms with Crippen molar-refractivity contribution in [2.75, 3.05) is 0 Å². The molecule has 1 aromatic rings. The van der Waals surface area contributed by atoms with E-state index in [1.807, 2.05) is 12.1 Å². The molecule has 2 unspecified atom stereocenters. The summed E-state index contributed by atoms with van der Waals surface area (Å²) in [4.78, 5) is 0.827. The van der Waals surface area contributed by atoms with Gasteiger partial charge in [-0.1, -0.05) is 24.3 Å². The van der Waals surface area contributed by atoms with Crippen LogP contribution < -0.4 is 0 Å². The lowest BCUT2D eigenvalue weighted by Crippen LogP contribution is -2.10. The lowest BCUT2D eigenvalue weighted by Gasteiger charge is -2.06. The highest BCUT2D eigenvalue weighted by Gasteiger charge is 2.47. The minimum Gasteiger partial charge on any atom is -0.364 e. The fourth-order valence-electron chi connectivity index (χ4n) is 2.29. The van der Waals surface area contributed by atoms with Crippen LogP contribution in [-0.4, -0.2) is 20.6 Å². The Morgan fingerprint density at radius 3 is 2.71 bits per heavy atom. The monoisotopic (exact) mass is 250 g/mol. The van der Waals surface area contributed by atoms with Crippen molar-refractivity contribution in [3.05, 3.63) is 41.3 Å². The van der Waals surface area contributed by atoms with Gasteiger partial charge in [0.15, 0.2) is 0 Å². The molecule has 2 atom stereocenters. The molecule has 3 rings (SSSR count). The third kappa shape index (κ3) is 1.91. The second-order valence-electron chi connectivity index (χ2n) is 4.45. The predicted molar refractivity (Wildman–Crippen MR) is 64.2 cm³/mol. The summed E-state index contributed by atoms with van der Waals surface area (Å²) in [7, 11) is -3.36. The average molecular weight is 250 g/mol. The molecule has 0 spiro atoms. The molecule has 1 heterocycles. The van der Waals surface area contributed by atoms with Crippen molar-refractivity contribution < 1.29 is 13.2 Å². The zero-order chi connectivity index (χ0) is 11.9. The van der Waals surface area contributed by atoms with Crippen molar-refractivity contribution in [2.45, 2.75) is 36.4 Å². The van der Waals surface area contributed by atoms with Gasteiger partial charge in [-0.2, -0.15) is 0 Å². The van der Waals surface area contributed by atoms with Gasteiger partial charge in [0.05, 0.1) is 15.9 Å². The topological polar surface area (TPSA) is 46.7 Å². The summed E-state index contributed by atoms with van der Waals surface area (Å²) in [6, 6.07) is 8.58. The molecule has 1 aromatic carbocycles. The van der Waals surface area contributed by atoms with Gasteiger partial charge in [-0.25, -0.2) is 8.42 Å². The molecule has 0 bridgehead atoms. The van der Waals surface area contributed by atoms with E-state index >= 15 is 0 Å².